The molecule has 0 aliphatic carbocycles. The summed E-state index contributed by atoms with van der Waals surface area (Å²) in [4.78, 5) is 10.8. The van der Waals surface area contributed by atoms with Crippen LogP contribution in [0.25, 0.3) is 0 Å². The first-order valence-corrected chi connectivity index (χ1v) is 5.40. The molecule has 0 aliphatic rings. The van der Waals surface area contributed by atoms with Gasteiger partial charge in [-0.05, 0) is 23.0 Å². The van der Waals surface area contributed by atoms with E-state index in [4.69, 9.17) is 1.37 Å². The Balaban J connectivity index is 2.76. The second-order valence-electron chi connectivity index (χ2n) is 5.17. The third-order valence-electron chi connectivity index (χ3n) is 2.56. The summed E-state index contributed by atoms with van der Waals surface area (Å²) in [5.41, 5.74) is 2.58. The molecule has 0 bridgehead atoms. The van der Waals surface area contributed by atoms with Crippen molar-refractivity contribution in [2.75, 3.05) is 0 Å². The van der Waals surface area contributed by atoms with Crippen LogP contribution in [0.3, 0.4) is 0 Å². The summed E-state index contributed by atoms with van der Waals surface area (Å²) in [6, 6.07) is 8.33. The van der Waals surface area contributed by atoms with Crippen molar-refractivity contribution in [3.8, 4) is 0 Å². The molecule has 1 rings (SSSR count). The van der Waals surface area contributed by atoms with E-state index in [-0.39, 0.29) is 11.3 Å². The Morgan fingerprint density at radius 2 is 1.87 bits per heavy atom. The molecule has 0 aromatic heterocycles. The molecule has 1 heteroatoms. The summed E-state index contributed by atoms with van der Waals surface area (Å²) in [5, 5.41) is 0. The van der Waals surface area contributed by atoms with Gasteiger partial charge in [0.05, 0.1) is 0 Å². The molecular formula is C14H20O. The Morgan fingerprint density at radius 3 is 2.27 bits per heavy atom. The van der Waals surface area contributed by atoms with Gasteiger partial charge in [0.1, 0.15) is 7.63 Å². The van der Waals surface area contributed by atoms with E-state index in [2.05, 4.69) is 45.0 Å². The number of hydrogen-bond acceptors (Lipinski definition) is 1. The van der Waals surface area contributed by atoms with E-state index >= 15 is 0 Å². The molecule has 15 heavy (non-hydrogen) atoms. The first-order chi connectivity index (χ1) is 7.30. The predicted molar refractivity (Wildman–Crippen MR) is 64.1 cm³/mol. The van der Waals surface area contributed by atoms with Crippen molar-refractivity contribution in [1.29, 1.82) is 0 Å². The van der Waals surface area contributed by atoms with Gasteiger partial charge in [0.25, 0.3) is 0 Å². The smallest absolute Gasteiger partial charge is 0.123 e. The van der Waals surface area contributed by atoms with Crippen LogP contribution in [0.2, 0.25) is 0 Å². The molecule has 0 heterocycles. The van der Waals surface area contributed by atoms with Crippen molar-refractivity contribution in [1.82, 2.24) is 0 Å². The van der Waals surface area contributed by atoms with E-state index in [1.54, 1.807) is 6.92 Å². The summed E-state index contributed by atoms with van der Waals surface area (Å²) in [6.45, 7) is 8.33. The van der Waals surface area contributed by atoms with Gasteiger partial charge in [-0.3, -0.25) is 0 Å². The Labute approximate surface area is 93.9 Å². The highest BCUT2D eigenvalue weighted by Gasteiger charge is 2.12. The number of rotatable bonds is 3. The van der Waals surface area contributed by atoms with Crippen LogP contribution in [-0.2, 0) is 16.6 Å². The summed E-state index contributed by atoms with van der Waals surface area (Å²) in [7, 11) is 0. The van der Waals surface area contributed by atoms with E-state index in [1.165, 1.54) is 5.56 Å². The maximum atomic E-state index is 10.8. The lowest BCUT2D eigenvalue weighted by molar-refractivity contribution is -0.110. The fourth-order valence-corrected chi connectivity index (χ4v) is 1.54. The SMILES string of the molecule is [2H]C(=O)C(C)Cc1ccc(C(C)(C)C)cc1. The summed E-state index contributed by atoms with van der Waals surface area (Å²) in [6.07, 6.45) is 0.173. The average Bonchev–Trinajstić information content (AvgIpc) is 2.17. The number of aldehydes is 1. The largest absolute Gasteiger partial charge is 0.303 e. The van der Waals surface area contributed by atoms with Crippen LogP contribution in [0, 0.1) is 5.92 Å². The molecule has 1 aromatic rings. The molecular weight excluding hydrogens is 184 g/mol. The lowest BCUT2D eigenvalue weighted by Gasteiger charge is -2.19. The van der Waals surface area contributed by atoms with Gasteiger partial charge >= 0.3 is 0 Å². The molecule has 82 valence electrons. The zero-order valence-electron chi connectivity index (χ0n) is 11.0. The van der Waals surface area contributed by atoms with Gasteiger partial charge < -0.3 is 4.79 Å². The Hall–Kier alpha value is -1.11. The van der Waals surface area contributed by atoms with Crippen LogP contribution in [0.5, 0.6) is 0 Å². The lowest BCUT2D eigenvalue weighted by Crippen LogP contribution is -2.11. The van der Waals surface area contributed by atoms with E-state index in [1.807, 2.05) is 0 Å². The molecule has 1 aromatic carbocycles. The van der Waals surface area contributed by atoms with Crippen LogP contribution < -0.4 is 0 Å². The molecule has 1 unspecified atom stereocenters. The van der Waals surface area contributed by atoms with Crippen LogP contribution in [0.15, 0.2) is 24.3 Å². The molecule has 0 spiro atoms. The first kappa shape index (κ1) is 10.4. The molecule has 1 atom stereocenters. The summed E-state index contributed by atoms with van der Waals surface area (Å²) < 4.78 is 7.04. The third kappa shape index (κ3) is 3.50. The lowest BCUT2D eigenvalue weighted by atomic mass is 9.86. The Bertz CT molecular complexity index is 359. The van der Waals surface area contributed by atoms with Gasteiger partial charge in [0, 0.05) is 5.92 Å². The zero-order valence-corrected chi connectivity index (χ0v) is 10.0. The number of carbonyl (C=O) groups excluding carboxylic acids is 1. The Kier molecular flexibility index (Phi) is 3.20. The standard InChI is InChI=1S/C14H20O/c1-11(10-15)9-12-5-7-13(8-6-12)14(2,3)4/h5-8,10-11H,9H2,1-4H3/i10D. The molecule has 1 nitrogen and oxygen atoms in total. The van der Waals surface area contributed by atoms with Gasteiger partial charge in [-0.2, -0.15) is 0 Å². The number of benzene rings is 1. The minimum atomic E-state index is -0.486. The van der Waals surface area contributed by atoms with Crippen molar-refractivity contribution >= 4 is 6.26 Å². The van der Waals surface area contributed by atoms with E-state index in [9.17, 15) is 4.79 Å². The molecule has 0 fully saturated rings. The van der Waals surface area contributed by atoms with Crippen molar-refractivity contribution < 1.29 is 6.17 Å². The van der Waals surface area contributed by atoms with Crippen LogP contribution in [0.4, 0.5) is 0 Å². The highest BCUT2D eigenvalue weighted by atomic mass is 16.1. The van der Waals surface area contributed by atoms with Gasteiger partial charge in [0.15, 0.2) is 0 Å². The molecule has 0 saturated carbocycles. The highest BCUT2D eigenvalue weighted by Crippen LogP contribution is 2.22. The van der Waals surface area contributed by atoms with Crippen molar-refractivity contribution in [3.05, 3.63) is 35.4 Å². The zero-order chi connectivity index (χ0) is 12.3. The monoisotopic (exact) mass is 205 g/mol. The molecule has 0 aliphatic heterocycles. The minimum absolute atomic E-state index is 0.162. The van der Waals surface area contributed by atoms with Gasteiger partial charge in [-0.25, -0.2) is 0 Å². The van der Waals surface area contributed by atoms with Crippen molar-refractivity contribution in [2.24, 2.45) is 5.92 Å². The fourth-order valence-electron chi connectivity index (χ4n) is 1.54. The maximum Gasteiger partial charge on any atom is 0.123 e. The van der Waals surface area contributed by atoms with E-state index < -0.39 is 6.26 Å². The second-order valence-corrected chi connectivity index (χ2v) is 5.17. The second kappa shape index (κ2) is 4.61. The third-order valence-corrected chi connectivity index (χ3v) is 2.56. The number of carbonyl (C=O) groups is 1. The predicted octanol–water partition coefficient (Wildman–Crippen LogP) is 3.36. The Morgan fingerprint density at radius 1 is 1.33 bits per heavy atom. The average molecular weight is 205 g/mol. The van der Waals surface area contributed by atoms with Gasteiger partial charge in [-0.15, -0.1) is 0 Å². The summed E-state index contributed by atoms with van der Waals surface area (Å²) >= 11 is 0. The topological polar surface area (TPSA) is 17.1 Å². The normalized spacial score (nSPS) is 14.5. The first-order valence-electron chi connectivity index (χ1n) is 5.90. The number of hydrogen-bond donors (Lipinski definition) is 0. The molecule has 0 saturated heterocycles. The highest BCUT2D eigenvalue weighted by molar-refractivity contribution is 5.53. The fraction of sp³-hybridized carbons (Fsp3) is 0.500. The maximum absolute atomic E-state index is 10.8. The molecule has 0 amide bonds. The van der Waals surface area contributed by atoms with Gasteiger partial charge in [-0.1, -0.05) is 52.0 Å². The quantitative estimate of drug-likeness (QED) is 0.691. The molecule has 0 radical (unpaired) electrons. The molecule has 0 N–H and O–H groups in total. The van der Waals surface area contributed by atoms with E-state index in [0.717, 1.165) is 5.56 Å². The van der Waals surface area contributed by atoms with Crippen LogP contribution >= 0.6 is 0 Å². The van der Waals surface area contributed by atoms with Crippen LogP contribution in [-0.4, -0.2) is 6.26 Å². The van der Waals surface area contributed by atoms with Gasteiger partial charge in [0.2, 0.25) is 0 Å². The summed E-state index contributed by atoms with van der Waals surface area (Å²) in [5.74, 6) is -0.208. The van der Waals surface area contributed by atoms with Crippen molar-refractivity contribution in [2.45, 2.75) is 39.5 Å². The minimum Gasteiger partial charge on any atom is -0.303 e. The van der Waals surface area contributed by atoms with E-state index in [0.29, 0.717) is 6.42 Å². The van der Waals surface area contributed by atoms with Crippen molar-refractivity contribution in [3.63, 3.8) is 0 Å². The van der Waals surface area contributed by atoms with Crippen LogP contribution in [0.1, 0.15) is 40.2 Å².